The smallest absolute Gasteiger partial charge is 0.107 e. The average Bonchev–Trinajstić information content (AvgIpc) is 3.01. The van der Waals surface area contributed by atoms with Gasteiger partial charge in [-0.3, -0.25) is 4.90 Å². The summed E-state index contributed by atoms with van der Waals surface area (Å²) in [4.78, 5) is 2.32. The summed E-state index contributed by atoms with van der Waals surface area (Å²) in [5.41, 5.74) is 1.19. The van der Waals surface area contributed by atoms with Crippen LogP contribution in [0, 0.1) is 5.92 Å². The van der Waals surface area contributed by atoms with Crippen LogP contribution < -0.4 is 0 Å². The van der Waals surface area contributed by atoms with E-state index in [0.29, 0.717) is 5.92 Å². The van der Waals surface area contributed by atoms with Crippen molar-refractivity contribution < 1.29 is 14.9 Å². The Balaban J connectivity index is 2.05. The third kappa shape index (κ3) is 4.10. The molecule has 2 rings (SSSR count). The molecule has 0 aromatic carbocycles. The molecule has 0 amide bonds. The molecule has 2 N–H and O–H groups in total. The first-order chi connectivity index (χ1) is 11.3. The number of aliphatic hydroxyl groups excluding tert-OH is 1. The Kier molecular flexibility index (Phi) is 6.66. The number of hydrogen-bond acceptors (Lipinski definition) is 4. The van der Waals surface area contributed by atoms with E-state index in [4.69, 9.17) is 4.74 Å². The highest BCUT2D eigenvalue weighted by Crippen LogP contribution is 2.37. The van der Waals surface area contributed by atoms with E-state index >= 15 is 0 Å². The molecule has 0 saturated carbocycles. The second-order valence-electron chi connectivity index (χ2n) is 7.79. The lowest BCUT2D eigenvalue weighted by molar-refractivity contribution is -0.110. The fourth-order valence-corrected chi connectivity index (χ4v) is 4.31. The molecule has 2 saturated heterocycles. The van der Waals surface area contributed by atoms with Gasteiger partial charge in [0.1, 0.15) is 11.7 Å². The molecule has 138 valence electrons. The maximum absolute atomic E-state index is 10.8. The number of methoxy groups -OCH3 is 1. The molecule has 0 aromatic rings. The van der Waals surface area contributed by atoms with Gasteiger partial charge in [-0.15, -0.1) is 0 Å². The van der Waals surface area contributed by atoms with Gasteiger partial charge in [0.15, 0.2) is 0 Å². The van der Waals surface area contributed by atoms with Gasteiger partial charge in [0, 0.05) is 19.7 Å². The highest BCUT2D eigenvalue weighted by molar-refractivity contribution is 5.24. The monoisotopic (exact) mass is 337 g/mol. The van der Waals surface area contributed by atoms with Crippen LogP contribution in [0.5, 0.6) is 0 Å². The quantitative estimate of drug-likeness (QED) is 0.732. The molecular formula is C20H35NO3. The van der Waals surface area contributed by atoms with Crippen molar-refractivity contribution in [2.24, 2.45) is 5.92 Å². The summed E-state index contributed by atoms with van der Waals surface area (Å²) in [6, 6.07) is 0.0918. The standard InChI is InChI=1S/C20H35NO3/c1-6-17(24-5)15(3)10-9-14(2)12-16-13-21-11-7-8-18(21)20(4,23)19(16)22/h10,12,14,17-19,22-23H,6-9,11,13H2,1-5H3/b15-10+,16-12+/t14-,17?,18+,19-,20-/m1/s1. The van der Waals surface area contributed by atoms with Crippen molar-refractivity contribution in [3.05, 3.63) is 23.3 Å². The Morgan fingerprint density at radius 3 is 2.83 bits per heavy atom. The van der Waals surface area contributed by atoms with Crippen molar-refractivity contribution in [3.63, 3.8) is 0 Å². The van der Waals surface area contributed by atoms with Crippen LogP contribution in [-0.2, 0) is 4.74 Å². The van der Waals surface area contributed by atoms with E-state index < -0.39 is 11.7 Å². The molecule has 2 heterocycles. The van der Waals surface area contributed by atoms with Crippen molar-refractivity contribution in [2.45, 2.75) is 77.2 Å². The van der Waals surface area contributed by atoms with Gasteiger partial charge >= 0.3 is 0 Å². The highest BCUT2D eigenvalue weighted by atomic mass is 16.5. The first-order valence-corrected chi connectivity index (χ1v) is 9.35. The van der Waals surface area contributed by atoms with Crippen molar-refractivity contribution in [2.75, 3.05) is 20.2 Å². The zero-order valence-corrected chi connectivity index (χ0v) is 16.0. The molecule has 0 radical (unpaired) electrons. The summed E-state index contributed by atoms with van der Waals surface area (Å²) in [5.74, 6) is 0.328. The van der Waals surface area contributed by atoms with Crippen LogP contribution in [0.4, 0.5) is 0 Å². The van der Waals surface area contributed by atoms with Gasteiger partial charge < -0.3 is 14.9 Å². The highest BCUT2D eigenvalue weighted by Gasteiger charge is 2.49. The number of hydrogen-bond donors (Lipinski definition) is 2. The van der Waals surface area contributed by atoms with E-state index in [1.165, 1.54) is 5.57 Å². The molecular weight excluding hydrogens is 302 g/mol. The minimum atomic E-state index is -1.05. The molecule has 5 atom stereocenters. The molecule has 24 heavy (non-hydrogen) atoms. The van der Waals surface area contributed by atoms with Crippen molar-refractivity contribution in [3.8, 4) is 0 Å². The molecule has 0 spiro atoms. The van der Waals surface area contributed by atoms with E-state index in [0.717, 1.165) is 44.3 Å². The Hall–Kier alpha value is -0.680. The Morgan fingerprint density at radius 2 is 2.21 bits per heavy atom. The molecule has 0 aliphatic carbocycles. The van der Waals surface area contributed by atoms with Crippen molar-refractivity contribution >= 4 is 0 Å². The minimum absolute atomic E-state index is 0.0918. The minimum Gasteiger partial charge on any atom is -0.386 e. The van der Waals surface area contributed by atoms with E-state index in [1.54, 1.807) is 14.0 Å². The first-order valence-electron chi connectivity index (χ1n) is 9.35. The van der Waals surface area contributed by atoms with Gasteiger partial charge in [-0.05, 0) is 63.1 Å². The van der Waals surface area contributed by atoms with Crippen molar-refractivity contribution in [1.82, 2.24) is 4.90 Å². The van der Waals surface area contributed by atoms with Crippen LogP contribution in [0.25, 0.3) is 0 Å². The Labute approximate surface area is 147 Å². The predicted molar refractivity (Wildman–Crippen MR) is 97.9 cm³/mol. The van der Waals surface area contributed by atoms with Crippen LogP contribution in [0.15, 0.2) is 23.3 Å². The summed E-state index contributed by atoms with van der Waals surface area (Å²) >= 11 is 0. The van der Waals surface area contributed by atoms with Crippen molar-refractivity contribution in [1.29, 1.82) is 0 Å². The zero-order valence-electron chi connectivity index (χ0n) is 16.0. The lowest BCUT2D eigenvalue weighted by Crippen LogP contribution is -2.61. The first kappa shape index (κ1) is 19.6. The van der Waals surface area contributed by atoms with Crippen LogP contribution in [0.3, 0.4) is 0 Å². The third-order valence-corrected chi connectivity index (χ3v) is 5.80. The fraction of sp³-hybridized carbons (Fsp3) is 0.800. The van der Waals surface area contributed by atoms with Crippen LogP contribution in [0.1, 0.15) is 53.4 Å². The normalized spacial score (nSPS) is 36.0. The van der Waals surface area contributed by atoms with Gasteiger partial charge in [0.2, 0.25) is 0 Å². The second-order valence-corrected chi connectivity index (χ2v) is 7.79. The largest absolute Gasteiger partial charge is 0.386 e. The molecule has 2 aliphatic heterocycles. The van der Waals surface area contributed by atoms with E-state index in [9.17, 15) is 10.2 Å². The summed E-state index contributed by atoms with van der Waals surface area (Å²) in [5, 5.41) is 21.4. The van der Waals surface area contributed by atoms with Gasteiger partial charge in [0.25, 0.3) is 0 Å². The summed E-state index contributed by atoms with van der Waals surface area (Å²) in [6.45, 7) is 10.0. The number of fused-ring (bicyclic) bond motifs is 1. The molecule has 0 aromatic heterocycles. The Morgan fingerprint density at radius 1 is 1.50 bits per heavy atom. The lowest BCUT2D eigenvalue weighted by Gasteiger charge is -2.46. The number of rotatable bonds is 6. The maximum Gasteiger partial charge on any atom is 0.107 e. The maximum atomic E-state index is 10.8. The van der Waals surface area contributed by atoms with Gasteiger partial charge in [-0.2, -0.15) is 0 Å². The predicted octanol–water partition coefficient (Wildman–Crippen LogP) is 2.90. The van der Waals surface area contributed by atoms with Crippen LogP contribution >= 0.6 is 0 Å². The lowest BCUT2D eigenvalue weighted by atomic mass is 9.80. The number of ether oxygens (including phenoxy) is 1. The van der Waals surface area contributed by atoms with Gasteiger partial charge in [-0.25, -0.2) is 0 Å². The molecule has 2 fully saturated rings. The topological polar surface area (TPSA) is 52.9 Å². The summed E-state index contributed by atoms with van der Waals surface area (Å²) in [7, 11) is 1.75. The van der Waals surface area contributed by atoms with E-state index in [-0.39, 0.29) is 12.1 Å². The average molecular weight is 338 g/mol. The van der Waals surface area contributed by atoms with Crippen LogP contribution in [0.2, 0.25) is 0 Å². The molecule has 4 heteroatoms. The van der Waals surface area contributed by atoms with Crippen LogP contribution in [-0.4, -0.2) is 59.2 Å². The number of allylic oxidation sites excluding steroid dienone is 2. The molecule has 1 unspecified atom stereocenters. The number of nitrogens with zero attached hydrogens (tertiary/aromatic N) is 1. The second kappa shape index (κ2) is 8.13. The summed E-state index contributed by atoms with van der Waals surface area (Å²) < 4.78 is 5.47. The fourth-order valence-electron chi connectivity index (χ4n) is 4.31. The third-order valence-electron chi connectivity index (χ3n) is 5.80. The SMILES string of the molecule is CCC(OC)/C(C)=C/C[C@@H](C)/C=C1\CN2CCC[C@H]2[C@@](C)(O)[C@@H]1O. The molecule has 2 aliphatic rings. The zero-order chi connectivity index (χ0) is 17.9. The van der Waals surface area contributed by atoms with Gasteiger partial charge in [0.05, 0.1) is 6.10 Å². The van der Waals surface area contributed by atoms with E-state index in [2.05, 4.69) is 37.8 Å². The summed E-state index contributed by atoms with van der Waals surface area (Å²) in [6.07, 6.45) is 7.82. The Bertz CT molecular complexity index is 479. The van der Waals surface area contributed by atoms with E-state index in [1.807, 2.05) is 0 Å². The van der Waals surface area contributed by atoms with Gasteiger partial charge in [-0.1, -0.05) is 26.0 Å². The number of piperidine rings is 1. The molecule has 0 bridgehead atoms. The molecule has 4 nitrogen and oxygen atoms in total. The number of aliphatic hydroxyl groups is 2.